The quantitative estimate of drug-likeness (QED) is 0.622. The van der Waals surface area contributed by atoms with Crippen molar-refractivity contribution in [3.8, 4) is 0 Å². The summed E-state index contributed by atoms with van der Waals surface area (Å²) in [7, 11) is 0. The van der Waals surface area contributed by atoms with E-state index in [0.29, 0.717) is 6.61 Å². The second-order valence-electron chi connectivity index (χ2n) is 2.81. The molecule has 0 aliphatic heterocycles. The lowest BCUT2D eigenvalue weighted by atomic mass is 10.2. The van der Waals surface area contributed by atoms with E-state index in [1.807, 2.05) is 0 Å². The minimum Gasteiger partial charge on any atom is -0.304 e. The number of nitrogens with two attached hydrogens (primary N) is 1. The van der Waals surface area contributed by atoms with Crippen LogP contribution in [0, 0.1) is 0 Å². The van der Waals surface area contributed by atoms with E-state index in [9.17, 15) is 0 Å². The van der Waals surface area contributed by atoms with Crippen molar-refractivity contribution in [2.75, 3.05) is 19.1 Å². The highest BCUT2D eigenvalue weighted by Crippen LogP contribution is 2.28. The van der Waals surface area contributed by atoms with Gasteiger partial charge in [0, 0.05) is 9.79 Å². The highest BCUT2D eigenvalue weighted by molar-refractivity contribution is 8.01. The fourth-order valence-electron chi connectivity index (χ4n) is 1.21. The maximum atomic E-state index is 4.99. The summed E-state index contributed by atoms with van der Waals surface area (Å²) in [5.74, 6) is 4.99. The summed E-state index contributed by atoms with van der Waals surface area (Å²) in [4.78, 5) is 7.22. The first-order valence-electron chi connectivity index (χ1n) is 4.34. The zero-order valence-corrected chi connectivity index (χ0v) is 10.1. The Balaban J connectivity index is 2.79. The molecule has 2 N–H and O–H groups in total. The average molecular weight is 229 g/mol. The molecule has 0 aromatic heterocycles. The van der Waals surface area contributed by atoms with Crippen LogP contribution in [-0.2, 0) is 11.3 Å². The summed E-state index contributed by atoms with van der Waals surface area (Å²) >= 11 is 3.55. The van der Waals surface area contributed by atoms with E-state index < -0.39 is 0 Å². The van der Waals surface area contributed by atoms with Gasteiger partial charge in [-0.25, -0.2) is 5.90 Å². The molecule has 1 rings (SSSR count). The van der Waals surface area contributed by atoms with Crippen LogP contribution in [0.5, 0.6) is 0 Å². The molecule has 0 spiro atoms. The lowest BCUT2D eigenvalue weighted by molar-refractivity contribution is 0.141. The van der Waals surface area contributed by atoms with Crippen LogP contribution < -0.4 is 5.90 Å². The number of benzene rings is 1. The lowest BCUT2D eigenvalue weighted by Crippen LogP contribution is -2.03. The lowest BCUT2D eigenvalue weighted by Gasteiger charge is -2.07. The number of hydrogen-bond donors (Lipinski definition) is 1. The molecular weight excluding hydrogens is 214 g/mol. The van der Waals surface area contributed by atoms with E-state index in [2.05, 4.69) is 35.5 Å². The second kappa shape index (κ2) is 6.35. The van der Waals surface area contributed by atoms with Gasteiger partial charge >= 0.3 is 0 Å². The van der Waals surface area contributed by atoms with Gasteiger partial charge in [-0.15, -0.1) is 23.5 Å². The maximum Gasteiger partial charge on any atom is 0.0719 e. The summed E-state index contributed by atoms with van der Waals surface area (Å²) in [6, 6.07) is 6.49. The Morgan fingerprint density at radius 3 is 2.50 bits per heavy atom. The molecular formula is C10H15NOS2. The largest absolute Gasteiger partial charge is 0.304 e. The molecule has 0 unspecified atom stereocenters. The maximum absolute atomic E-state index is 4.99. The minimum atomic E-state index is 0.576. The number of thioether (sulfide) groups is 2. The standard InChI is InChI=1S/C10H15NOS2/c1-13-9-4-3-8(5-6-12-11)7-10(9)14-2/h3-4,7H,5-6,11H2,1-2H3. The molecule has 1 aromatic rings. The Labute approximate surface area is 93.5 Å². The molecule has 0 amide bonds. The van der Waals surface area contributed by atoms with Gasteiger partial charge in [0.05, 0.1) is 6.61 Å². The van der Waals surface area contributed by atoms with Gasteiger partial charge in [0.1, 0.15) is 0 Å². The molecule has 0 aliphatic carbocycles. The van der Waals surface area contributed by atoms with Crippen LogP contribution in [-0.4, -0.2) is 19.1 Å². The summed E-state index contributed by atoms with van der Waals surface area (Å²) in [6.07, 6.45) is 5.06. The number of rotatable bonds is 5. The molecule has 0 heterocycles. The first kappa shape index (κ1) is 11.9. The zero-order chi connectivity index (χ0) is 10.4. The molecule has 0 atom stereocenters. The predicted octanol–water partition coefficient (Wildman–Crippen LogP) is 2.56. The van der Waals surface area contributed by atoms with Gasteiger partial charge in [-0.3, -0.25) is 0 Å². The van der Waals surface area contributed by atoms with E-state index in [1.54, 1.807) is 23.5 Å². The summed E-state index contributed by atoms with van der Waals surface area (Å²) in [5, 5.41) is 0. The normalized spacial score (nSPS) is 10.5. The molecule has 0 aliphatic rings. The van der Waals surface area contributed by atoms with Crippen LogP contribution in [0.25, 0.3) is 0 Å². The van der Waals surface area contributed by atoms with Gasteiger partial charge in [0.2, 0.25) is 0 Å². The molecule has 1 aromatic carbocycles. The van der Waals surface area contributed by atoms with Crippen LogP contribution in [0.15, 0.2) is 28.0 Å². The molecule has 2 nitrogen and oxygen atoms in total. The van der Waals surface area contributed by atoms with E-state index in [4.69, 9.17) is 5.90 Å². The van der Waals surface area contributed by atoms with E-state index >= 15 is 0 Å². The van der Waals surface area contributed by atoms with Gasteiger partial charge in [-0.1, -0.05) is 6.07 Å². The van der Waals surface area contributed by atoms with Crippen molar-refractivity contribution in [3.63, 3.8) is 0 Å². The van der Waals surface area contributed by atoms with Crippen molar-refractivity contribution in [2.24, 2.45) is 5.90 Å². The van der Waals surface area contributed by atoms with Crippen LogP contribution in [0.2, 0.25) is 0 Å². The second-order valence-corrected chi connectivity index (χ2v) is 4.51. The average Bonchev–Trinajstić information content (AvgIpc) is 2.25. The third-order valence-electron chi connectivity index (χ3n) is 1.96. The molecule has 0 saturated heterocycles. The third-order valence-corrected chi connectivity index (χ3v) is 3.66. The van der Waals surface area contributed by atoms with E-state index in [0.717, 1.165) is 6.42 Å². The predicted molar refractivity (Wildman–Crippen MR) is 63.8 cm³/mol. The van der Waals surface area contributed by atoms with Gasteiger partial charge in [-0.2, -0.15) is 0 Å². The number of hydrogen-bond acceptors (Lipinski definition) is 4. The van der Waals surface area contributed by atoms with Crippen LogP contribution in [0.4, 0.5) is 0 Å². The van der Waals surface area contributed by atoms with E-state index in [-0.39, 0.29) is 0 Å². The molecule has 0 bridgehead atoms. The molecule has 14 heavy (non-hydrogen) atoms. The molecule has 0 radical (unpaired) electrons. The monoisotopic (exact) mass is 229 g/mol. The topological polar surface area (TPSA) is 35.2 Å². The molecule has 0 fully saturated rings. The highest BCUT2D eigenvalue weighted by atomic mass is 32.2. The van der Waals surface area contributed by atoms with Gasteiger partial charge in [0.25, 0.3) is 0 Å². The fraction of sp³-hybridized carbons (Fsp3) is 0.400. The Hall–Kier alpha value is -0.160. The zero-order valence-electron chi connectivity index (χ0n) is 8.45. The Kier molecular flexibility index (Phi) is 5.40. The SMILES string of the molecule is CSc1ccc(CCON)cc1SC. The molecule has 0 saturated carbocycles. The Morgan fingerprint density at radius 2 is 1.93 bits per heavy atom. The van der Waals surface area contributed by atoms with Crippen LogP contribution in [0.1, 0.15) is 5.56 Å². The summed E-state index contributed by atoms with van der Waals surface area (Å²) < 4.78 is 0. The fourth-order valence-corrected chi connectivity index (χ4v) is 2.72. The van der Waals surface area contributed by atoms with Crippen molar-refractivity contribution in [2.45, 2.75) is 16.2 Å². The Morgan fingerprint density at radius 1 is 1.21 bits per heavy atom. The first-order chi connectivity index (χ1) is 6.81. The van der Waals surface area contributed by atoms with Crippen molar-refractivity contribution in [1.82, 2.24) is 0 Å². The van der Waals surface area contributed by atoms with Crippen molar-refractivity contribution < 1.29 is 4.84 Å². The highest BCUT2D eigenvalue weighted by Gasteiger charge is 2.01. The van der Waals surface area contributed by atoms with Gasteiger partial charge in [-0.05, 0) is 36.6 Å². The Bertz CT molecular complexity index is 291. The van der Waals surface area contributed by atoms with Gasteiger partial charge < -0.3 is 4.84 Å². The van der Waals surface area contributed by atoms with Crippen molar-refractivity contribution in [1.29, 1.82) is 0 Å². The smallest absolute Gasteiger partial charge is 0.0719 e. The van der Waals surface area contributed by atoms with Crippen LogP contribution in [0.3, 0.4) is 0 Å². The van der Waals surface area contributed by atoms with E-state index in [1.165, 1.54) is 15.4 Å². The summed E-state index contributed by atoms with van der Waals surface area (Å²) in [6.45, 7) is 0.576. The van der Waals surface area contributed by atoms with Gasteiger partial charge in [0.15, 0.2) is 0 Å². The van der Waals surface area contributed by atoms with Crippen molar-refractivity contribution >= 4 is 23.5 Å². The first-order valence-corrected chi connectivity index (χ1v) is 6.79. The summed E-state index contributed by atoms with van der Waals surface area (Å²) in [5.41, 5.74) is 1.28. The third kappa shape index (κ3) is 3.20. The van der Waals surface area contributed by atoms with Crippen molar-refractivity contribution in [3.05, 3.63) is 23.8 Å². The van der Waals surface area contributed by atoms with Crippen LogP contribution >= 0.6 is 23.5 Å². The molecule has 78 valence electrons. The molecule has 4 heteroatoms. The minimum absolute atomic E-state index is 0.576.